The molecule has 0 amide bonds. The second-order valence-electron chi connectivity index (χ2n) is 4.44. The number of hydrogen-bond acceptors (Lipinski definition) is 3. The van der Waals surface area contributed by atoms with Gasteiger partial charge in [0.25, 0.3) is 0 Å². The third kappa shape index (κ3) is 1.77. The van der Waals surface area contributed by atoms with Crippen LogP contribution in [-0.2, 0) is 0 Å². The quantitative estimate of drug-likeness (QED) is 0.703. The molecule has 0 saturated heterocycles. The SMILES string of the molecule is Cc1ccc2nc(-c3cccc(O)c3C)sc2c1. The molecule has 18 heavy (non-hydrogen) atoms. The summed E-state index contributed by atoms with van der Waals surface area (Å²) in [6, 6.07) is 11.8. The van der Waals surface area contributed by atoms with Crippen molar-refractivity contribution >= 4 is 21.6 Å². The molecule has 1 N–H and O–H groups in total. The van der Waals surface area contributed by atoms with Crippen LogP contribution in [0.2, 0.25) is 0 Å². The Labute approximate surface area is 110 Å². The number of fused-ring (bicyclic) bond motifs is 1. The van der Waals surface area contributed by atoms with Crippen molar-refractivity contribution in [1.82, 2.24) is 4.98 Å². The lowest BCUT2D eigenvalue weighted by molar-refractivity contribution is 0.471. The molecule has 0 fully saturated rings. The van der Waals surface area contributed by atoms with Gasteiger partial charge < -0.3 is 5.11 Å². The molecule has 0 saturated carbocycles. The Morgan fingerprint density at radius 1 is 1.11 bits per heavy atom. The van der Waals surface area contributed by atoms with E-state index in [9.17, 15) is 5.11 Å². The van der Waals surface area contributed by atoms with Crippen molar-refractivity contribution in [3.63, 3.8) is 0 Å². The van der Waals surface area contributed by atoms with E-state index >= 15 is 0 Å². The zero-order chi connectivity index (χ0) is 12.7. The standard InChI is InChI=1S/C15H13NOS/c1-9-6-7-12-14(8-9)18-15(16-12)11-4-3-5-13(17)10(11)2/h3-8,17H,1-2H3. The first-order valence-corrected chi connectivity index (χ1v) is 6.63. The molecule has 2 aromatic carbocycles. The lowest BCUT2D eigenvalue weighted by atomic mass is 10.1. The Bertz CT molecular complexity index is 730. The molecule has 0 bridgehead atoms. The summed E-state index contributed by atoms with van der Waals surface area (Å²) < 4.78 is 1.19. The second kappa shape index (κ2) is 4.10. The van der Waals surface area contributed by atoms with Gasteiger partial charge in [-0.2, -0.15) is 0 Å². The topological polar surface area (TPSA) is 33.1 Å². The van der Waals surface area contributed by atoms with Crippen molar-refractivity contribution in [3.05, 3.63) is 47.5 Å². The van der Waals surface area contributed by atoms with E-state index < -0.39 is 0 Å². The van der Waals surface area contributed by atoms with Crippen molar-refractivity contribution in [1.29, 1.82) is 0 Å². The number of rotatable bonds is 1. The monoisotopic (exact) mass is 255 g/mol. The summed E-state index contributed by atoms with van der Waals surface area (Å²) in [5, 5.41) is 10.7. The minimum atomic E-state index is 0.322. The molecule has 0 aliphatic rings. The van der Waals surface area contributed by atoms with E-state index in [4.69, 9.17) is 0 Å². The largest absolute Gasteiger partial charge is 0.508 e. The molecule has 1 aromatic heterocycles. The van der Waals surface area contributed by atoms with Crippen LogP contribution in [0, 0.1) is 13.8 Å². The van der Waals surface area contributed by atoms with E-state index in [0.717, 1.165) is 21.7 Å². The maximum atomic E-state index is 9.76. The average molecular weight is 255 g/mol. The number of phenols is 1. The lowest BCUT2D eigenvalue weighted by Gasteiger charge is -2.03. The van der Waals surface area contributed by atoms with Crippen LogP contribution in [0.25, 0.3) is 20.8 Å². The van der Waals surface area contributed by atoms with Gasteiger partial charge >= 0.3 is 0 Å². The molecule has 2 nitrogen and oxygen atoms in total. The Hall–Kier alpha value is -1.87. The third-order valence-electron chi connectivity index (χ3n) is 3.08. The third-order valence-corrected chi connectivity index (χ3v) is 4.13. The first-order chi connectivity index (χ1) is 8.65. The fourth-order valence-electron chi connectivity index (χ4n) is 2.00. The molecule has 90 valence electrons. The van der Waals surface area contributed by atoms with Crippen LogP contribution < -0.4 is 0 Å². The molecular weight excluding hydrogens is 242 g/mol. The number of aryl methyl sites for hydroxylation is 1. The number of nitrogens with zero attached hydrogens (tertiary/aromatic N) is 1. The highest BCUT2D eigenvalue weighted by Crippen LogP contribution is 2.34. The molecule has 0 aliphatic carbocycles. The predicted molar refractivity (Wildman–Crippen MR) is 76.2 cm³/mol. The summed E-state index contributed by atoms with van der Waals surface area (Å²) in [6.07, 6.45) is 0. The van der Waals surface area contributed by atoms with Crippen molar-refractivity contribution in [2.75, 3.05) is 0 Å². The van der Waals surface area contributed by atoms with E-state index in [1.165, 1.54) is 10.3 Å². The van der Waals surface area contributed by atoms with Crippen LogP contribution in [0.4, 0.5) is 0 Å². The minimum Gasteiger partial charge on any atom is -0.508 e. The second-order valence-corrected chi connectivity index (χ2v) is 5.47. The molecule has 3 aromatic rings. The van der Waals surface area contributed by atoms with Crippen molar-refractivity contribution in [2.24, 2.45) is 0 Å². The predicted octanol–water partition coefficient (Wildman–Crippen LogP) is 4.29. The fourth-order valence-corrected chi connectivity index (χ4v) is 3.15. The highest BCUT2D eigenvalue weighted by atomic mass is 32.1. The zero-order valence-corrected chi connectivity index (χ0v) is 11.1. The molecule has 1 heterocycles. The molecular formula is C15H13NOS. The van der Waals surface area contributed by atoms with Gasteiger partial charge in [-0.05, 0) is 37.6 Å². The van der Waals surface area contributed by atoms with Crippen LogP contribution in [0.15, 0.2) is 36.4 Å². The van der Waals surface area contributed by atoms with E-state index in [2.05, 4.69) is 24.0 Å². The Morgan fingerprint density at radius 2 is 1.94 bits per heavy atom. The minimum absolute atomic E-state index is 0.322. The lowest BCUT2D eigenvalue weighted by Crippen LogP contribution is -1.82. The Balaban J connectivity index is 2.22. The first-order valence-electron chi connectivity index (χ1n) is 5.81. The normalized spacial score (nSPS) is 11.0. The smallest absolute Gasteiger partial charge is 0.125 e. The number of phenolic OH excluding ortho intramolecular Hbond substituents is 1. The maximum absolute atomic E-state index is 9.76. The van der Waals surface area contributed by atoms with Crippen LogP contribution in [0.5, 0.6) is 5.75 Å². The molecule has 0 spiro atoms. The molecule has 3 rings (SSSR count). The van der Waals surface area contributed by atoms with Gasteiger partial charge in [-0.3, -0.25) is 0 Å². The molecule has 0 radical (unpaired) electrons. The first kappa shape index (κ1) is 11.2. The summed E-state index contributed by atoms with van der Waals surface area (Å²) in [4.78, 5) is 4.63. The number of benzene rings is 2. The maximum Gasteiger partial charge on any atom is 0.125 e. The number of hydrogen-bond donors (Lipinski definition) is 1. The van der Waals surface area contributed by atoms with Gasteiger partial charge in [0.1, 0.15) is 10.8 Å². The summed E-state index contributed by atoms with van der Waals surface area (Å²) >= 11 is 1.67. The van der Waals surface area contributed by atoms with Gasteiger partial charge in [0.2, 0.25) is 0 Å². The number of aromatic nitrogens is 1. The molecule has 3 heteroatoms. The van der Waals surface area contributed by atoms with Crippen LogP contribution >= 0.6 is 11.3 Å². The van der Waals surface area contributed by atoms with Crippen molar-refractivity contribution < 1.29 is 5.11 Å². The van der Waals surface area contributed by atoms with E-state index in [0.29, 0.717) is 5.75 Å². The highest BCUT2D eigenvalue weighted by molar-refractivity contribution is 7.21. The van der Waals surface area contributed by atoms with E-state index in [-0.39, 0.29) is 0 Å². The van der Waals surface area contributed by atoms with Gasteiger partial charge in [0.15, 0.2) is 0 Å². The van der Waals surface area contributed by atoms with Crippen molar-refractivity contribution in [2.45, 2.75) is 13.8 Å². The van der Waals surface area contributed by atoms with Gasteiger partial charge in [0.05, 0.1) is 10.2 Å². The van der Waals surface area contributed by atoms with E-state index in [1.54, 1.807) is 17.4 Å². The zero-order valence-electron chi connectivity index (χ0n) is 10.3. The van der Waals surface area contributed by atoms with Gasteiger partial charge in [-0.1, -0.05) is 18.2 Å². The Morgan fingerprint density at radius 3 is 2.78 bits per heavy atom. The van der Waals surface area contributed by atoms with Crippen LogP contribution in [0.3, 0.4) is 0 Å². The molecule has 0 atom stereocenters. The Kier molecular flexibility index (Phi) is 2.56. The highest BCUT2D eigenvalue weighted by Gasteiger charge is 2.10. The average Bonchev–Trinajstić information content (AvgIpc) is 2.75. The summed E-state index contributed by atoms with van der Waals surface area (Å²) in [6.45, 7) is 4.00. The van der Waals surface area contributed by atoms with Crippen LogP contribution in [-0.4, -0.2) is 10.1 Å². The van der Waals surface area contributed by atoms with Gasteiger partial charge in [-0.25, -0.2) is 4.98 Å². The van der Waals surface area contributed by atoms with Crippen LogP contribution in [0.1, 0.15) is 11.1 Å². The van der Waals surface area contributed by atoms with Gasteiger partial charge in [0, 0.05) is 11.1 Å². The summed E-state index contributed by atoms with van der Waals surface area (Å²) in [7, 11) is 0. The molecule has 0 aliphatic heterocycles. The fraction of sp³-hybridized carbons (Fsp3) is 0.133. The summed E-state index contributed by atoms with van der Waals surface area (Å²) in [5.74, 6) is 0.322. The van der Waals surface area contributed by atoms with Crippen molar-refractivity contribution in [3.8, 4) is 16.3 Å². The molecule has 0 unspecified atom stereocenters. The van der Waals surface area contributed by atoms with Gasteiger partial charge in [-0.15, -0.1) is 11.3 Å². The van der Waals surface area contributed by atoms with E-state index in [1.807, 2.05) is 25.1 Å². The number of thiazole rings is 1. The number of aromatic hydroxyl groups is 1. The summed E-state index contributed by atoms with van der Waals surface area (Å²) in [5.41, 5.74) is 4.15.